The Balaban J connectivity index is 2.10. The van der Waals surface area contributed by atoms with E-state index < -0.39 is 0 Å². The number of nitrogens with one attached hydrogen (secondary N) is 1. The molecule has 2 aromatic rings. The summed E-state index contributed by atoms with van der Waals surface area (Å²) >= 11 is 1.82. The van der Waals surface area contributed by atoms with Crippen LogP contribution in [0.3, 0.4) is 0 Å². The minimum Gasteiger partial charge on any atom is -0.271 e. The lowest BCUT2D eigenvalue weighted by Gasteiger charge is -2.30. The van der Waals surface area contributed by atoms with Gasteiger partial charge in [0.25, 0.3) is 0 Å². The molecule has 2 unspecified atom stereocenters. The molecule has 20 heavy (non-hydrogen) atoms. The number of rotatable bonds is 5. The molecule has 1 heterocycles. The lowest BCUT2D eigenvalue weighted by atomic mass is 9.78. The van der Waals surface area contributed by atoms with Gasteiger partial charge in [-0.3, -0.25) is 11.3 Å². The molecule has 2 atom stereocenters. The van der Waals surface area contributed by atoms with E-state index >= 15 is 0 Å². The Morgan fingerprint density at radius 3 is 2.60 bits per heavy atom. The Morgan fingerprint density at radius 2 is 1.95 bits per heavy atom. The number of benzene rings is 1. The predicted octanol–water partition coefficient (Wildman–Crippen LogP) is 4.35. The van der Waals surface area contributed by atoms with Crippen LogP contribution in [0.5, 0.6) is 0 Å². The molecule has 0 amide bonds. The van der Waals surface area contributed by atoms with Gasteiger partial charge in [-0.2, -0.15) is 0 Å². The van der Waals surface area contributed by atoms with Gasteiger partial charge in [0.2, 0.25) is 0 Å². The Hall–Kier alpha value is -0.900. The van der Waals surface area contributed by atoms with Gasteiger partial charge in [-0.15, -0.1) is 11.3 Å². The van der Waals surface area contributed by atoms with E-state index in [0.29, 0.717) is 17.4 Å². The largest absolute Gasteiger partial charge is 0.271 e. The van der Waals surface area contributed by atoms with Gasteiger partial charge in [-0.1, -0.05) is 45.9 Å². The summed E-state index contributed by atoms with van der Waals surface area (Å²) in [5.74, 6) is 6.41. The van der Waals surface area contributed by atoms with Gasteiger partial charge in [0.15, 0.2) is 0 Å². The molecule has 0 aliphatic heterocycles. The first-order chi connectivity index (χ1) is 9.41. The average molecular weight is 290 g/mol. The second-order valence-corrected chi connectivity index (χ2v) is 7.74. The highest BCUT2D eigenvalue weighted by molar-refractivity contribution is 7.17. The number of hydrazine groups is 1. The molecule has 0 radical (unpaired) electrons. The second-order valence-electron chi connectivity index (χ2n) is 6.83. The topological polar surface area (TPSA) is 38.0 Å². The van der Waals surface area contributed by atoms with Crippen LogP contribution in [0.4, 0.5) is 0 Å². The summed E-state index contributed by atoms with van der Waals surface area (Å²) in [6.07, 6.45) is 2.10. The molecular formula is C17H26N2S. The summed E-state index contributed by atoms with van der Waals surface area (Å²) < 4.78 is 1.36. The van der Waals surface area contributed by atoms with Gasteiger partial charge in [0.05, 0.1) is 0 Å². The van der Waals surface area contributed by atoms with Crippen LogP contribution in [-0.2, 0) is 6.42 Å². The zero-order valence-electron chi connectivity index (χ0n) is 12.9. The van der Waals surface area contributed by atoms with Crippen molar-refractivity contribution in [1.82, 2.24) is 5.43 Å². The molecule has 3 heteroatoms. The molecule has 1 aromatic carbocycles. The lowest BCUT2D eigenvalue weighted by molar-refractivity contribution is 0.222. The molecule has 110 valence electrons. The number of hydrogen-bond acceptors (Lipinski definition) is 3. The van der Waals surface area contributed by atoms with E-state index in [-0.39, 0.29) is 0 Å². The molecule has 1 aromatic heterocycles. The first kappa shape index (κ1) is 15.5. The Morgan fingerprint density at radius 1 is 1.25 bits per heavy atom. The number of thiophene rings is 1. The monoisotopic (exact) mass is 290 g/mol. The van der Waals surface area contributed by atoms with Crippen LogP contribution in [0.2, 0.25) is 0 Å². The van der Waals surface area contributed by atoms with E-state index in [2.05, 4.69) is 62.8 Å². The Kier molecular flexibility index (Phi) is 4.84. The highest BCUT2D eigenvalue weighted by atomic mass is 32.1. The molecule has 2 nitrogen and oxygen atoms in total. The van der Waals surface area contributed by atoms with Gasteiger partial charge in [0.1, 0.15) is 0 Å². The van der Waals surface area contributed by atoms with Crippen LogP contribution in [0, 0.1) is 11.3 Å². The fourth-order valence-electron chi connectivity index (χ4n) is 2.45. The number of hydrogen-bond donors (Lipinski definition) is 2. The molecule has 3 N–H and O–H groups in total. The zero-order valence-corrected chi connectivity index (χ0v) is 13.8. The van der Waals surface area contributed by atoms with Crippen molar-refractivity contribution in [1.29, 1.82) is 0 Å². The van der Waals surface area contributed by atoms with Crippen molar-refractivity contribution >= 4 is 21.4 Å². The maximum Gasteiger partial charge on any atom is 0.0345 e. The average Bonchev–Trinajstić information content (AvgIpc) is 2.80. The van der Waals surface area contributed by atoms with E-state index in [0.717, 1.165) is 12.8 Å². The van der Waals surface area contributed by atoms with Crippen LogP contribution < -0.4 is 11.3 Å². The summed E-state index contributed by atoms with van der Waals surface area (Å²) in [6.45, 7) is 9.21. The van der Waals surface area contributed by atoms with Crippen molar-refractivity contribution in [3.8, 4) is 0 Å². The fraction of sp³-hybridized carbons (Fsp3) is 0.529. The molecule has 0 aliphatic rings. The van der Waals surface area contributed by atoms with Gasteiger partial charge < -0.3 is 0 Å². The third kappa shape index (κ3) is 3.60. The normalized spacial score (nSPS) is 15.4. The van der Waals surface area contributed by atoms with E-state index in [1.165, 1.54) is 15.6 Å². The van der Waals surface area contributed by atoms with Crippen molar-refractivity contribution in [3.05, 3.63) is 35.2 Å². The van der Waals surface area contributed by atoms with Crippen molar-refractivity contribution in [2.24, 2.45) is 17.2 Å². The van der Waals surface area contributed by atoms with Crippen molar-refractivity contribution < 1.29 is 0 Å². The highest BCUT2D eigenvalue weighted by Gasteiger charge is 2.23. The standard InChI is InChI=1S/C17H26N2S/c1-12(17(2,3)4)9-14(19-18)10-13-11-20-16-8-6-5-7-15(13)16/h5-8,11-12,14,19H,9-10,18H2,1-4H3. The first-order valence-electron chi connectivity index (χ1n) is 7.33. The van der Waals surface area contributed by atoms with Crippen LogP contribution >= 0.6 is 11.3 Å². The maximum absolute atomic E-state index is 5.78. The molecule has 0 aliphatic carbocycles. The summed E-state index contributed by atoms with van der Waals surface area (Å²) in [7, 11) is 0. The van der Waals surface area contributed by atoms with E-state index in [9.17, 15) is 0 Å². The number of nitrogens with two attached hydrogens (primary N) is 1. The first-order valence-corrected chi connectivity index (χ1v) is 8.21. The van der Waals surface area contributed by atoms with Crippen molar-refractivity contribution in [3.63, 3.8) is 0 Å². The molecule has 0 fully saturated rings. The van der Waals surface area contributed by atoms with Gasteiger partial charge in [0, 0.05) is 10.7 Å². The fourth-order valence-corrected chi connectivity index (χ4v) is 3.42. The van der Waals surface area contributed by atoms with Crippen molar-refractivity contribution in [2.45, 2.75) is 46.6 Å². The van der Waals surface area contributed by atoms with Gasteiger partial charge >= 0.3 is 0 Å². The minimum absolute atomic E-state index is 0.325. The smallest absolute Gasteiger partial charge is 0.0345 e. The van der Waals surface area contributed by atoms with Crippen molar-refractivity contribution in [2.75, 3.05) is 0 Å². The van der Waals surface area contributed by atoms with Crippen LogP contribution in [0.15, 0.2) is 29.6 Å². The van der Waals surface area contributed by atoms with Gasteiger partial charge in [-0.25, -0.2) is 0 Å². The molecule has 0 bridgehead atoms. The SMILES string of the molecule is CC(CC(Cc1csc2ccccc12)NN)C(C)(C)C. The highest BCUT2D eigenvalue weighted by Crippen LogP contribution is 2.31. The summed E-state index contributed by atoms with van der Waals surface area (Å²) in [5.41, 5.74) is 4.75. The lowest BCUT2D eigenvalue weighted by Crippen LogP contribution is -2.39. The molecule has 0 spiro atoms. The van der Waals surface area contributed by atoms with Crippen LogP contribution in [0.1, 0.15) is 39.7 Å². The van der Waals surface area contributed by atoms with Crippen LogP contribution in [0.25, 0.3) is 10.1 Å². The third-order valence-corrected chi connectivity index (χ3v) is 5.39. The third-order valence-electron chi connectivity index (χ3n) is 4.38. The quantitative estimate of drug-likeness (QED) is 0.634. The van der Waals surface area contributed by atoms with Crippen LogP contribution in [-0.4, -0.2) is 6.04 Å². The minimum atomic E-state index is 0.325. The summed E-state index contributed by atoms with van der Waals surface area (Å²) in [4.78, 5) is 0. The number of fused-ring (bicyclic) bond motifs is 1. The molecule has 0 saturated heterocycles. The zero-order chi connectivity index (χ0) is 14.8. The summed E-state index contributed by atoms with van der Waals surface area (Å²) in [5, 5.41) is 3.65. The molecule has 0 saturated carbocycles. The maximum atomic E-state index is 5.78. The van der Waals surface area contributed by atoms with Gasteiger partial charge in [-0.05, 0) is 46.6 Å². The Bertz CT molecular complexity index is 553. The van der Waals surface area contributed by atoms with E-state index in [4.69, 9.17) is 5.84 Å². The summed E-state index contributed by atoms with van der Waals surface area (Å²) in [6, 6.07) is 8.94. The van der Waals surface area contributed by atoms with E-state index in [1.807, 2.05) is 11.3 Å². The molecular weight excluding hydrogens is 264 g/mol. The molecule has 2 rings (SSSR count). The predicted molar refractivity (Wildman–Crippen MR) is 89.9 cm³/mol. The Labute approximate surface area is 126 Å². The van der Waals surface area contributed by atoms with E-state index in [1.54, 1.807) is 0 Å². The second kappa shape index (κ2) is 6.25.